The average Bonchev–Trinajstić information content (AvgIpc) is 2.35. The van der Waals surface area contributed by atoms with E-state index in [1.54, 1.807) is 11.3 Å². The predicted octanol–water partition coefficient (Wildman–Crippen LogP) is 3.25. The molecule has 1 aromatic rings. The Morgan fingerprint density at radius 1 is 1.55 bits per heavy atom. The summed E-state index contributed by atoms with van der Waals surface area (Å²) in [6.45, 7) is 1.93. The first kappa shape index (κ1) is 8.97. The zero-order chi connectivity index (χ0) is 8.27. The summed E-state index contributed by atoms with van der Waals surface area (Å²) in [5.74, 6) is 0. The largest absolute Gasteiger partial charge is 0.143 e. The highest BCUT2D eigenvalue weighted by atomic mass is 32.1. The van der Waals surface area contributed by atoms with Crippen molar-refractivity contribution in [1.29, 1.82) is 0 Å². The molecule has 0 amide bonds. The van der Waals surface area contributed by atoms with Crippen molar-refractivity contribution in [3.63, 3.8) is 0 Å². The Bertz CT molecular complexity index is 259. The van der Waals surface area contributed by atoms with Gasteiger partial charge in [0.15, 0.2) is 0 Å². The van der Waals surface area contributed by atoms with Crippen LogP contribution in [0, 0.1) is 0 Å². The van der Waals surface area contributed by atoms with Gasteiger partial charge in [0.1, 0.15) is 0 Å². The molecule has 0 unspecified atom stereocenters. The van der Waals surface area contributed by atoms with Gasteiger partial charge in [-0.3, -0.25) is 0 Å². The summed E-state index contributed by atoms with van der Waals surface area (Å²) in [4.78, 5) is 3.10. The van der Waals surface area contributed by atoms with Crippen molar-refractivity contribution in [2.24, 2.45) is 0 Å². The second kappa shape index (κ2) is 4.04. The number of thiophene rings is 1. The third kappa shape index (κ3) is 2.77. The Hall–Kier alpha value is -0.120. The fourth-order valence-electron chi connectivity index (χ4n) is 0.750. The van der Waals surface area contributed by atoms with Crippen LogP contribution in [0.1, 0.15) is 18.2 Å². The highest BCUT2D eigenvalue weighted by Gasteiger charge is 2.01. The van der Waals surface area contributed by atoms with E-state index in [1.165, 1.54) is 4.88 Å². The van der Waals surface area contributed by atoms with Crippen LogP contribution < -0.4 is 0 Å². The van der Waals surface area contributed by atoms with Gasteiger partial charge in [0, 0.05) is 16.2 Å². The van der Waals surface area contributed by atoms with E-state index < -0.39 is 0 Å². The second-order valence-corrected chi connectivity index (χ2v) is 4.42. The van der Waals surface area contributed by atoms with Crippen LogP contribution in [0.15, 0.2) is 17.5 Å². The first-order chi connectivity index (χ1) is 5.20. The molecule has 0 saturated heterocycles. The molecule has 0 radical (unpaired) electrons. The van der Waals surface area contributed by atoms with E-state index in [0.29, 0.717) is 0 Å². The van der Waals surface area contributed by atoms with Crippen molar-refractivity contribution in [3.8, 4) is 0 Å². The third-order valence-electron chi connectivity index (χ3n) is 1.21. The SMILES string of the molecule is CC(=S)CC(=S)c1cccs1. The quantitative estimate of drug-likeness (QED) is 0.542. The smallest absolute Gasteiger partial charge is 0.0413 e. The van der Waals surface area contributed by atoms with Crippen molar-refractivity contribution < 1.29 is 0 Å². The van der Waals surface area contributed by atoms with Crippen molar-refractivity contribution >= 4 is 45.5 Å². The highest BCUT2D eigenvalue weighted by Crippen LogP contribution is 2.12. The molecule has 0 nitrogen and oxygen atoms in total. The van der Waals surface area contributed by atoms with E-state index in [0.717, 1.165) is 16.1 Å². The molecule has 0 fully saturated rings. The van der Waals surface area contributed by atoms with Gasteiger partial charge in [-0.15, -0.1) is 11.3 Å². The molecule has 58 valence electrons. The van der Waals surface area contributed by atoms with Crippen molar-refractivity contribution in [3.05, 3.63) is 22.4 Å². The summed E-state index contributed by atoms with van der Waals surface area (Å²) in [7, 11) is 0. The van der Waals surface area contributed by atoms with Crippen molar-refractivity contribution in [2.75, 3.05) is 0 Å². The minimum absolute atomic E-state index is 0.769. The number of hydrogen-bond donors (Lipinski definition) is 0. The minimum Gasteiger partial charge on any atom is -0.143 e. The predicted molar refractivity (Wildman–Crippen MR) is 58.9 cm³/mol. The molecule has 11 heavy (non-hydrogen) atoms. The first-order valence-corrected chi connectivity index (χ1v) is 4.96. The monoisotopic (exact) mass is 200 g/mol. The van der Waals surface area contributed by atoms with Crippen LogP contribution in [0.25, 0.3) is 0 Å². The average molecular weight is 200 g/mol. The third-order valence-corrected chi connectivity index (χ3v) is 2.77. The second-order valence-electron chi connectivity index (χ2n) is 2.28. The zero-order valence-corrected chi connectivity index (χ0v) is 8.61. The van der Waals surface area contributed by atoms with Gasteiger partial charge in [0.2, 0.25) is 0 Å². The fraction of sp³-hybridized carbons (Fsp3) is 0.250. The lowest BCUT2D eigenvalue weighted by atomic mass is 10.2. The Labute approximate surface area is 81.2 Å². The van der Waals surface area contributed by atoms with Crippen molar-refractivity contribution in [2.45, 2.75) is 13.3 Å². The van der Waals surface area contributed by atoms with Gasteiger partial charge in [0.05, 0.1) is 0 Å². The van der Waals surface area contributed by atoms with Crippen LogP contribution in [0.5, 0.6) is 0 Å². The highest BCUT2D eigenvalue weighted by molar-refractivity contribution is 7.82. The number of hydrogen-bond acceptors (Lipinski definition) is 3. The van der Waals surface area contributed by atoms with Crippen LogP contribution in [0.4, 0.5) is 0 Å². The van der Waals surface area contributed by atoms with Crippen LogP contribution in [0.3, 0.4) is 0 Å². The Morgan fingerprint density at radius 3 is 2.73 bits per heavy atom. The molecule has 0 N–H and O–H groups in total. The van der Waals surface area contributed by atoms with E-state index in [1.807, 2.05) is 24.4 Å². The van der Waals surface area contributed by atoms with Crippen LogP contribution in [-0.2, 0) is 0 Å². The molecule has 0 bridgehead atoms. The number of thiocarbonyl (C=S) groups is 2. The molecule has 0 aliphatic carbocycles. The molecule has 0 atom stereocenters. The lowest BCUT2D eigenvalue weighted by molar-refractivity contribution is 1.63. The maximum atomic E-state index is 5.17. The molecule has 3 heteroatoms. The molecule has 0 saturated carbocycles. The van der Waals surface area contributed by atoms with Crippen LogP contribution >= 0.6 is 35.8 Å². The normalized spacial score (nSPS) is 9.55. The van der Waals surface area contributed by atoms with E-state index in [2.05, 4.69) is 0 Å². The summed E-state index contributed by atoms with van der Waals surface area (Å²) in [6.07, 6.45) is 0.769. The maximum absolute atomic E-state index is 5.17. The molecule has 0 aromatic carbocycles. The molecular formula is C8H8S3. The minimum atomic E-state index is 0.769. The lowest BCUT2D eigenvalue weighted by Gasteiger charge is -1.96. The van der Waals surface area contributed by atoms with Gasteiger partial charge in [-0.2, -0.15) is 0 Å². The van der Waals surface area contributed by atoms with Gasteiger partial charge >= 0.3 is 0 Å². The topological polar surface area (TPSA) is 0 Å². The van der Waals surface area contributed by atoms with E-state index in [4.69, 9.17) is 24.4 Å². The van der Waals surface area contributed by atoms with Crippen LogP contribution in [-0.4, -0.2) is 9.73 Å². The first-order valence-electron chi connectivity index (χ1n) is 3.26. The van der Waals surface area contributed by atoms with Gasteiger partial charge < -0.3 is 0 Å². The van der Waals surface area contributed by atoms with E-state index in [9.17, 15) is 0 Å². The molecule has 0 aliphatic rings. The molecule has 1 heterocycles. The summed E-state index contributed by atoms with van der Waals surface area (Å²) >= 11 is 11.8. The van der Waals surface area contributed by atoms with Gasteiger partial charge in [0.25, 0.3) is 0 Å². The summed E-state index contributed by atoms with van der Waals surface area (Å²) < 4.78 is 0. The fourth-order valence-corrected chi connectivity index (χ4v) is 2.08. The van der Waals surface area contributed by atoms with E-state index in [-0.39, 0.29) is 0 Å². The van der Waals surface area contributed by atoms with E-state index >= 15 is 0 Å². The van der Waals surface area contributed by atoms with Gasteiger partial charge in [-0.25, -0.2) is 0 Å². The van der Waals surface area contributed by atoms with Crippen molar-refractivity contribution in [1.82, 2.24) is 0 Å². The molecule has 0 aliphatic heterocycles. The van der Waals surface area contributed by atoms with Crippen LogP contribution in [0.2, 0.25) is 0 Å². The standard InChI is InChI=1S/C8H8S3/c1-6(9)5-7(10)8-3-2-4-11-8/h2-4H,5H2,1H3. The molecular weight excluding hydrogens is 192 g/mol. The Kier molecular flexibility index (Phi) is 3.30. The maximum Gasteiger partial charge on any atom is 0.0413 e. The molecule has 0 spiro atoms. The van der Waals surface area contributed by atoms with Gasteiger partial charge in [-0.05, 0) is 23.2 Å². The van der Waals surface area contributed by atoms with Gasteiger partial charge in [-0.1, -0.05) is 30.5 Å². The molecule has 1 aromatic heterocycles. The summed E-state index contributed by atoms with van der Waals surface area (Å²) in [5, 5.41) is 2.03. The summed E-state index contributed by atoms with van der Waals surface area (Å²) in [5.41, 5.74) is 0. The lowest BCUT2D eigenvalue weighted by Crippen LogP contribution is -1.99. The Balaban J connectivity index is 2.64. The number of rotatable bonds is 3. The Morgan fingerprint density at radius 2 is 2.27 bits per heavy atom. The summed E-state index contributed by atoms with van der Waals surface area (Å²) in [6, 6.07) is 4.04. The molecule has 1 rings (SSSR count). The zero-order valence-electron chi connectivity index (χ0n) is 6.16.